The van der Waals surface area contributed by atoms with Gasteiger partial charge in [-0.15, -0.1) is 0 Å². The predicted molar refractivity (Wildman–Crippen MR) is 122 cm³/mol. The fourth-order valence-corrected chi connectivity index (χ4v) is 4.66. The number of benzene rings is 3. The highest BCUT2D eigenvalue weighted by Crippen LogP contribution is 2.48. The molecule has 2 amide bonds. The van der Waals surface area contributed by atoms with Gasteiger partial charge in [-0.3, -0.25) is 9.80 Å². The predicted octanol–water partition coefficient (Wildman–Crippen LogP) is 7.98. The fraction of sp³-hybridized carbons (Fsp3) is 0.208. The molecular weight excluding hydrogens is 460 g/mol. The minimum atomic E-state index is -4.50. The van der Waals surface area contributed by atoms with Gasteiger partial charge in [-0.1, -0.05) is 47.5 Å². The summed E-state index contributed by atoms with van der Waals surface area (Å²) in [6, 6.07) is 17.5. The van der Waals surface area contributed by atoms with E-state index in [9.17, 15) is 18.0 Å². The maximum absolute atomic E-state index is 13.8. The van der Waals surface area contributed by atoms with E-state index in [0.29, 0.717) is 27.0 Å². The van der Waals surface area contributed by atoms with Crippen LogP contribution in [-0.2, 0) is 6.18 Å². The van der Waals surface area contributed by atoms with Crippen molar-refractivity contribution < 1.29 is 18.0 Å². The van der Waals surface area contributed by atoms with Crippen molar-refractivity contribution in [2.45, 2.75) is 31.6 Å². The molecule has 0 aromatic heterocycles. The van der Waals surface area contributed by atoms with Crippen LogP contribution in [0.2, 0.25) is 10.0 Å². The van der Waals surface area contributed by atoms with Crippen molar-refractivity contribution in [3.63, 3.8) is 0 Å². The molecule has 0 N–H and O–H groups in total. The lowest BCUT2D eigenvalue weighted by molar-refractivity contribution is -0.137. The smallest absolute Gasteiger partial charge is 0.286 e. The number of anilines is 2. The summed E-state index contributed by atoms with van der Waals surface area (Å²) in [5, 5.41) is 0.861. The van der Waals surface area contributed by atoms with Crippen molar-refractivity contribution in [3.8, 4) is 0 Å². The van der Waals surface area contributed by atoms with Crippen molar-refractivity contribution in [1.29, 1.82) is 0 Å². The van der Waals surface area contributed by atoms with Gasteiger partial charge in [-0.05, 0) is 67.9 Å². The molecule has 0 aliphatic carbocycles. The van der Waals surface area contributed by atoms with E-state index >= 15 is 0 Å². The van der Waals surface area contributed by atoms with Gasteiger partial charge < -0.3 is 0 Å². The summed E-state index contributed by atoms with van der Waals surface area (Å²) in [5.74, 6) is 0. The third kappa shape index (κ3) is 3.93. The number of amides is 2. The van der Waals surface area contributed by atoms with E-state index in [4.69, 9.17) is 23.2 Å². The van der Waals surface area contributed by atoms with Crippen LogP contribution in [-0.4, -0.2) is 11.6 Å². The summed E-state index contributed by atoms with van der Waals surface area (Å²) in [6.07, 6.45) is -4.50. The second-order valence-corrected chi connectivity index (χ2v) is 9.00. The Morgan fingerprint density at radius 3 is 2.00 bits per heavy atom. The molecule has 0 unspecified atom stereocenters. The average Bonchev–Trinajstić information content (AvgIpc) is 2.92. The van der Waals surface area contributed by atoms with Gasteiger partial charge in [0.15, 0.2) is 0 Å². The summed E-state index contributed by atoms with van der Waals surface area (Å²) in [7, 11) is 0. The molecule has 4 rings (SSSR count). The number of hydrogen-bond acceptors (Lipinski definition) is 1. The van der Waals surface area contributed by atoms with E-state index in [1.807, 2.05) is 13.8 Å². The van der Waals surface area contributed by atoms with Crippen LogP contribution in [0.5, 0.6) is 0 Å². The lowest BCUT2D eigenvalue weighted by Crippen LogP contribution is -2.43. The van der Waals surface area contributed by atoms with Gasteiger partial charge in [-0.2, -0.15) is 13.2 Å². The Morgan fingerprint density at radius 2 is 1.41 bits per heavy atom. The molecular formula is C24H19Cl2F3N2O. The SMILES string of the molecule is CC1(C)[C@@H](c2cccc(C(F)(F)F)c2)N(c2cccc(Cl)c2)C(=O)N1c1cccc(Cl)c1. The molecule has 32 heavy (non-hydrogen) atoms. The van der Waals surface area contributed by atoms with Gasteiger partial charge >= 0.3 is 12.2 Å². The molecule has 1 heterocycles. The van der Waals surface area contributed by atoms with E-state index in [1.165, 1.54) is 11.0 Å². The van der Waals surface area contributed by atoms with E-state index in [1.54, 1.807) is 59.5 Å². The van der Waals surface area contributed by atoms with Crippen LogP contribution in [0.15, 0.2) is 72.8 Å². The van der Waals surface area contributed by atoms with E-state index in [0.717, 1.165) is 12.1 Å². The average molecular weight is 479 g/mol. The van der Waals surface area contributed by atoms with Gasteiger partial charge in [0.2, 0.25) is 0 Å². The van der Waals surface area contributed by atoms with Crippen LogP contribution in [0.1, 0.15) is 31.0 Å². The Hall–Kier alpha value is -2.70. The number of carbonyl (C=O) groups is 1. The first kappa shape index (κ1) is 22.5. The lowest BCUT2D eigenvalue weighted by atomic mass is 9.87. The Bertz CT molecular complexity index is 1180. The molecule has 0 radical (unpaired) electrons. The first-order chi connectivity index (χ1) is 15.0. The zero-order valence-electron chi connectivity index (χ0n) is 17.2. The summed E-state index contributed by atoms with van der Waals surface area (Å²) in [4.78, 5) is 16.8. The van der Waals surface area contributed by atoms with Crippen LogP contribution in [0, 0.1) is 0 Å². The van der Waals surface area contributed by atoms with Crippen LogP contribution in [0.25, 0.3) is 0 Å². The third-order valence-corrected chi connectivity index (χ3v) is 6.05. The van der Waals surface area contributed by atoms with Crippen molar-refractivity contribution in [2.75, 3.05) is 9.80 Å². The number of alkyl halides is 3. The van der Waals surface area contributed by atoms with Crippen LogP contribution >= 0.6 is 23.2 Å². The second-order valence-electron chi connectivity index (χ2n) is 8.13. The first-order valence-corrected chi connectivity index (χ1v) is 10.6. The number of halogens is 5. The highest BCUT2D eigenvalue weighted by Gasteiger charge is 2.53. The van der Waals surface area contributed by atoms with Gasteiger partial charge in [0.25, 0.3) is 0 Å². The monoisotopic (exact) mass is 478 g/mol. The molecule has 8 heteroatoms. The summed E-state index contributed by atoms with van der Waals surface area (Å²) < 4.78 is 40.4. The van der Waals surface area contributed by atoms with Crippen molar-refractivity contribution in [1.82, 2.24) is 0 Å². The minimum absolute atomic E-state index is 0.364. The van der Waals surface area contributed by atoms with Crippen molar-refractivity contribution in [3.05, 3.63) is 94.0 Å². The molecule has 0 spiro atoms. The Morgan fingerprint density at radius 1 is 0.844 bits per heavy atom. The Kier molecular flexibility index (Phi) is 5.63. The lowest BCUT2D eigenvalue weighted by Gasteiger charge is -2.35. The zero-order chi connectivity index (χ0) is 23.3. The Balaban J connectivity index is 1.93. The molecule has 1 fully saturated rings. The number of rotatable bonds is 3. The maximum Gasteiger partial charge on any atom is 0.416 e. The molecule has 3 nitrogen and oxygen atoms in total. The summed E-state index contributed by atoms with van der Waals surface area (Å²) >= 11 is 12.3. The fourth-order valence-electron chi connectivity index (χ4n) is 4.29. The largest absolute Gasteiger partial charge is 0.416 e. The number of nitrogens with zero attached hydrogens (tertiary/aromatic N) is 2. The van der Waals surface area contributed by atoms with E-state index < -0.39 is 23.3 Å². The molecule has 0 saturated carbocycles. The standard InChI is InChI=1S/C24H19Cl2F3N2O/c1-23(2)21(15-6-3-7-16(12-15)24(27,28)29)30(19-10-4-8-17(25)13-19)22(32)31(23)20-11-5-9-18(26)14-20/h3-14,21H,1-2H3/t21-/m1/s1. The minimum Gasteiger partial charge on any atom is -0.286 e. The van der Waals surface area contributed by atoms with Gasteiger partial charge in [0, 0.05) is 21.4 Å². The topological polar surface area (TPSA) is 23.6 Å². The first-order valence-electron chi connectivity index (χ1n) is 9.82. The van der Waals surface area contributed by atoms with Crippen LogP contribution in [0.3, 0.4) is 0 Å². The normalized spacial score (nSPS) is 18.3. The third-order valence-electron chi connectivity index (χ3n) is 5.58. The molecule has 3 aromatic carbocycles. The molecule has 1 saturated heterocycles. The zero-order valence-corrected chi connectivity index (χ0v) is 18.7. The number of carbonyl (C=O) groups excluding carboxylic acids is 1. The van der Waals surface area contributed by atoms with E-state index in [-0.39, 0.29) is 6.03 Å². The van der Waals surface area contributed by atoms with Gasteiger partial charge in [-0.25, -0.2) is 4.79 Å². The number of urea groups is 1. The second kappa shape index (κ2) is 8.01. The Labute approximate surface area is 194 Å². The van der Waals surface area contributed by atoms with E-state index in [2.05, 4.69) is 0 Å². The molecule has 166 valence electrons. The van der Waals surface area contributed by atoms with Gasteiger partial charge in [0.05, 0.1) is 17.1 Å². The molecule has 1 atom stereocenters. The molecule has 1 aliphatic rings. The van der Waals surface area contributed by atoms with Gasteiger partial charge in [0.1, 0.15) is 0 Å². The number of hydrogen-bond donors (Lipinski definition) is 0. The summed E-state index contributed by atoms with van der Waals surface area (Å²) in [5.41, 5.74) is -0.293. The van der Waals surface area contributed by atoms with Crippen molar-refractivity contribution >= 4 is 40.6 Å². The quantitative estimate of drug-likeness (QED) is 0.374. The molecule has 3 aromatic rings. The van der Waals surface area contributed by atoms with Crippen LogP contribution in [0.4, 0.5) is 29.3 Å². The van der Waals surface area contributed by atoms with Crippen LogP contribution < -0.4 is 9.80 Å². The highest BCUT2D eigenvalue weighted by atomic mass is 35.5. The maximum atomic E-state index is 13.8. The van der Waals surface area contributed by atoms with Crippen molar-refractivity contribution in [2.24, 2.45) is 0 Å². The molecule has 1 aliphatic heterocycles. The summed E-state index contributed by atoms with van der Waals surface area (Å²) in [6.45, 7) is 3.64. The molecule has 0 bridgehead atoms. The highest BCUT2D eigenvalue weighted by molar-refractivity contribution is 6.31.